The van der Waals surface area contributed by atoms with Crippen molar-refractivity contribution >= 4 is 11.4 Å². The van der Waals surface area contributed by atoms with E-state index in [4.69, 9.17) is 14.2 Å². The van der Waals surface area contributed by atoms with Gasteiger partial charge in [-0.25, -0.2) is 4.98 Å². The van der Waals surface area contributed by atoms with Crippen LogP contribution in [-0.4, -0.2) is 24.7 Å². The van der Waals surface area contributed by atoms with Crippen molar-refractivity contribution in [3.05, 3.63) is 53.7 Å². The number of ketones is 1. The van der Waals surface area contributed by atoms with Crippen molar-refractivity contribution < 1.29 is 19.0 Å². The highest BCUT2D eigenvalue weighted by Crippen LogP contribution is 2.40. The Morgan fingerprint density at radius 2 is 2.00 bits per heavy atom. The molecule has 0 amide bonds. The summed E-state index contributed by atoms with van der Waals surface area (Å²) in [5.74, 6) is 2.34. The number of hydrogen-bond acceptors (Lipinski definition) is 5. The highest BCUT2D eigenvalue weighted by molar-refractivity contribution is 5.99. The Morgan fingerprint density at radius 3 is 2.79 bits per heavy atom. The smallest absolute Gasteiger partial charge is 0.231 e. The maximum absolute atomic E-state index is 12.2. The van der Waals surface area contributed by atoms with Gasteiger partial charge in [-0.2, -0.15) is 0 Å². The zero-order valence-corrected chi connectivity index (χ0v) is 13.3. The second-order valence-corrected chi connectivity index (χ2v) is 5.94. The third-order valence-electron chi connectivity index (χ3n) is 4.43. The van der Waals surface area contributed by atoms with Crippen LogP contribution in [0, 0.1) is 0 Å². The van der Waals surface area contributed by atoms with E-state index < -0.39 is 0 Å². The van der Waals surface area contributed by atoms with Gasteiger partial charge in [-0.3, -0.25) is 4.79 Å². The minimum absolute atomic E-state index is 0.133. The van der Waals surface area contributed by atoms with Crippen LogP contribution in [0.25, 0.3) is 5.57 Å². The van der Waals surface area contributed by atoms with E-state index in [2.05, 4.69) is 4.98 Å². The Hall–Kier alpha value is -2.82. The number of ether oxygens (including phenoxy) is 3. The van der Waals surface area contributed by atoms with Gasteiger partial charge in [0, 0.05) is 18.7 Å². The number of methoxy groups -OCH3 is 1. The highest BCUT2D eigenvalue weighted by Gasteiger charge is 2.25. The molecule has 0 unspecified atom stereocenters. The Balaban J connectivity index is 1.60. The molecule has 5 heteroatoms. The molecule has 0 spiro atoms. The van der Waals surface area contributed by atoms with E-state index in [1.165, 1.54) is 0 Å². The second-order valence-electron chi connectivity index (χ2n) is 5.94. The SMILES string of the molecule is COc1ccc(C2=CC(=O)C[C@H](c3ccc4c(c3)OCO4)C2)cn1. The number of hydrogen-bond donors (Lipinski definition) is 0. The highest BCUT2D eigenvalue weighted by atomic mass is 16.7. The fraction of sp³-hybridized carbons (Fsp3) is 0.263. The zero-order chi connectivity index (χ0) is 16.5. The van der Waals surface area contributed by atoms with Crippen LogP contribution < -0.4 is 14.2 Å². The molecule has 4 rings (SSSR count). The van der Waals surface area contributed by atoms with Gasteiger partial charge in [-0.05, 0) is 53.3 Å². The predicted octanol–water partition coefficient (Wildman–Crippen LogP) is 3.35. The van der Waals surface area contributed by atoms with E-state index in [0.717, 1.165) is 34.6 Å². The van der Waals surface area contributed by atoms with Crippen LogP contribution in [0.15, 0.2) is 42.6 Å². The van der Waals surface area contributed by atoms with Gasteiger partial charge in [-0.1, -0.05) is 6.07 Å². The molecule has 2 aromatic rings. The minimum atomic E-state index is 0.133. The summed E-state index contributed by atoms with van der Waals surface area (Å²) in [6, 6.07) is 9.66. The second kappa shape index (κ2) is 6.00. The molecule has 2 aliphatic rings. The number of nitrogens with zero attached hydrogens (tertiary/aromatic N) is 1. The van der Waals surface area contributed by atoms with Crippen LogP contribution in [-0.2, 0) is 4.79 Å². The van der Waals surface area contributed by atoms with Crippen LogP contribution in [0.2, 0.25) is 0 Å². The molecule has 0 N–H and O–H groups in total. The van der Waals surface area contributed by atoms with Crippen molar-refractivity contribution in [2.45, 2.75) is 18.8 Å². The first-order valence-electron chi connectivity index (χ1n) is 7.86. The third-order valence-corrected chi connectivity index (χ3v) is 4.43. The molecule has 1 aliphatic carbocycles. The molecule has 0 saturated heterocycles. The van der Waals surface area contributed by atoms with Crippen LogP contribution >= 0.6 is 0 Å². The fourth-order valence-electron chi connectivity index (χ4n) is 3.19. The molecule has 0 fully saturated rings. The van der Waals surface area contributed by atoms with E-state index in [1.807, 2.05) is 30.3 Å². The summed E-state index contributed by atoms with van der Waals surface area (Å²) in [5.41, 5.74) is 3.05. The largest absolute Gasteiger partial charge is 0.481 e. The summed E-state index contributed by atoms with van der Waals surface area (Å²) < 4.78 is 15.9. The van der Waals surface area contributed by atoms with E-state index in [9.17, 15) is 4.79 Å². The normalized spacial score (nSPS) is 19.1. The minimum Gasteiger partial charge on any atom is -0.481 e. The van der Waals surface area contributed by atoms with E-state index >= 15 is 0 Å². The van der Waals surface area contributed by atoms with Gasteiger partial charge in [0.1, 0.15) is 0 Å². The Labute approximate surface area is 139 Å². The van der Waals surface area contributed by atoms with Gasteiger partial charge in [0.15, 0.2) is 17.3 Å². The van der Waals surface area contributed by atoms with Crippen LogP contribution in [0.5, 0.6) is 17.4 Å². The lowest BCUT2D eigenvalue weighted by molar-refractivity contribution is -0.115. The van der Waals surface area contributed by atoms with Crippen LogP contribution in [0.1, 0.15) is 29.9 Å². The van der Waals surface area contributed by atoms with Crippen molar-refractivity contribution in [1.82, 2.24) is 4.98 Å². The summed E-state index contributed by atoms with van der Waals surface area (Å²) in [6.07, 6.45) is 4.78. The molecule has 122 valence electrons. The molecule has 2 heterocycles. The van der Waals surface area contributed by atoms with Gasteiger partial charge in [0.25, 0.3) is 0 Å². The average molecular weight is 323 g/mol. The molecule has 1 atom stereocenters. The summed E-state index contributed by atoms with van der Waals surface area (Å²) in [7, 11) is 1.58. The number of rotatable bonds is 3. The Bertz CT molecular complexity index is 811. The average Bonchev–Trinajstić information content (AvgIpc) is 3.09. The summed E-state index contributed by atoms with van der Waals surface area (Å²) >= 11 is 0. The molecular formula is C19H17NO4. The van der Waals surface area contributed by atoms with E-state index in [0.29, 0.717) is 12.3 Å². The molecular weight excluding hydrogens is 306 g/mol. The summed E-state index contributed by atoms with van der Waals surface area (Å²) in [5, 5.41) is 0. The topological polar surface area (TPSA) is 57.7 Å². The molecule has 5 nitrogen and oxygen atoms in total. The van der Waals surface area contributed by atoms with Gasteiger partial charge < -0.3 is 14.2 Å². The number of benzene rings is 1. The predicted molar refractivity (Wildman–Crippen MR) is 88.3 cm³/mol. The maximum Gasteiger partial charge on any atom is 0.231 e. The quantitative estimate of drug-likeness (QED) is 0.867. The maximum atomic E-state index is 12.2. The lowest BCUT2D eigenvalue weighted by Crippen LogP contribution is -2.12. The number of allylic oxidation sites excluding steroid dienone is 2. The molecule has 1 aliphatic heterocycles. The van der Waals surface area contributed by atoms with Crippen LogP contribution in [0.3, 0.4) is 0 Å². The van der Waals surface area contributed by atoms with E-state index in [1.54, 1.807) is 19.4 Å². The summed E-state index contributed by atoms with van der Waals surface area (Å²) in [6.45, 7) is 0.255. The first-order valence-corrected chi connectivity index (χ1v) is 7.86. The zero-order valence-electron chi connectivity index (χ0n) is 13.3. The first kappa shape index (κ1) is 14.8. The Kier molecular flexibility index (Phi) is 3.69. The Morgan fingerprint density at radius 1 is 1.12 bits per heavy atom. The van der Waals surface area contributed by atoms with Gasteiger partial charge in [0.2, 0.25) is 12.7 Å². The lowest BCUT2D eigenvalue weighted by atomic mass is 9.81. The van der Waals surface area contributed by atoms with E-state index in [-0.39, 0.29) is 18.5 Å². The standard InChI is InChI=1S/C19H17NO4/c1-22-19-5-3-13(10-20-19)15-6-14(7-16(21)8-15)12-2-4-17-18(9-12)24-11-23-17/h2-5,8-10,14H,6-7,11H2,1H3/t14-/m1/s1. The molecule has 24 heavy (non-hydrogen) atoms. The summed E-state index contributed by atoms with van der Waals surface area (Å²) in [4.78, 5) is 16.4. The lowest BCUT2D eigenvalue weighted by Gasteiger charge is -2.23. The monoisotopic (exact) mass is 323 g/mol. The van der Waals surface area contributed by atoms with Crippen molar-refractivity contribution in [1.29, 1.82) is 0 Å². The number of fused-ring (bicyclic) bond motifs is 1. The van der Waals surface area contributed by atoms with Gasteiger partial charge in [0.05, 0.1) is 7.11 Å². The third kappa shape index (κ3) is 2.73. The van der Waals surface area contributed by atoms with Crippen molar-refractivity contribution in [2.75, 3.05) is 13.9 Å². The number of pyridine rings is 1. The van der Waals surface area contributed by atoms with Crippen molar-refractivity contribution in [2.24, 2.45) is 0 Å². The molecule has 1 aromatic heterocycles. The fourth-order valence-corrected chi connectivity index (χ4v) is 3.19. The number of aromatic nitrogens is 1. The molecule has 0 bridgehead atoms. The number of carbonyl (C=O) groups is 1. The van der Waals surface area contributed by atoms with Gasteiger partial charge in [-0.15, -0.1) is 0 Å². The molecule has 1 aromatic carbocycles. The first-order chi connectivity index (χ1) is 11.7. The van der Waals surface area contributed by atoms with Crippen molar-refractivity contribution in [3.8, 4) is 17.4 Å². The number of carbonyl (C=O) groups excluding carboxylic acids is 1. The molecule has 0 saturated carbocycles. The molecule has 0 radical (unpaired) electrons. The van der Waals surface area contributed by atoms with Gasteiger partial charge >= 0.3 is 0 Å². The van der Waals surface area contributed by atoms with Crippen LogP contribution in [0.4, 0.5) is 0 Å². The van der Waals surface area contributed by atoms with Crippen molar-refractivity contribution in [3.63, 3.8) is 0 Å².